The SMILES string of the molecule is C=S1c2cc3ccccc3cc2Sc2c1ccc1c3ccccc3n(-c3cccc(C4N=C(c5ccccc5)NC(c5ccccc5)=N4)c3)c21. The van der Waals surface area contributed by atoms with E-state index in [4.69, 9.17) is 15.9 Å². The minimum absolute atomic E-state index is 0.318. The zero-order valence-electron chi connectivity index (χ0n) is 27.0. The summed E-state index contributed by atoms with van der Waals surface area (Å²) < 4.78 is 2.44. The highest BCUT2D eigenvalue weighted by Crippen LogP contribution is 2.55. The number of aliphatic imine (C=N–C) groups is 2. The smallest absolute Gasteiger partial charge is 0.169 e. The zero-order valence-corrected chi connectivity index (χ0v) is 28.6. The molecular formula is C44H30N4S2. The first kappa shape index (κ1) is 29.2. The second kappa shape index (κ2) is 11.7. The van der Waals surface area contributed by atoms with Gasteiger partial charge in [0.05, 0.1) is 15.9 Å². The van der Waals surface area contributed by atoms with Crippen molar-refractivity contribution in [1.29, 1.82) is 0 Å². The van der Waals surface area contributed by atoms with Crippen LogP contribution < -0.4 is 5.32 Å². The molecule has 2 aliphatic rings. The summed E-state index contributed by atoms with van der Waals surface area (Å²) in [7, 11) is -0.318. The molecule has 0 spiro atoms. The summed E-state index contributed by atoms with van der Waals surface area (Å²) in [6.45, 7) is 0. The lowest BCUT2D eigenvalue weighted by Gasteiger charge is -2.25. The number of hydrogen-bond acceptors (Lipinski definition) is 4. The van der Waals surface area contributed by atoms with Crippen LogP contribution in [-0.4, -0.2) is 22.1 Å². The summed E-state index contributed by atoms with van der Waals surface area (Å²) in [6.07, 6.45) is -0.413. The van der Waals surface area contributed by atoms with Crippen LogP contribution in [0, 0.1) is 0 Å². The van der Waals surface area contributed by atoms with Gasteiger partial charge in [-0.1, -0.05) is 139 Å². The molecule has 8 aromatic rings. The first-order valence-corrected chi connectivity index (χ1v) is 18.9. The van der Waals surface area contributed by atoms with Crippen molar-refractivity contribution in [2.45, 2.75) is 25.7 Å². The minimum atomic E-state index is -0.413. The third kappa shape index (κ3) is 4.75. The molecule has 0 saturated carbocycles. The summed E-state index contributed by atoms with van der Waals surface area (Å²) in [6, 6.07) is 56.0. The van der Waals surface area contributed by atoms with Gasteiger partial charge in [-0.2, -0.15) is 0 Å². The summed E-state index contributed by atoms with van der Waals surface area (Å²) >= 11 is 1.88. The van der Waals surface area contributed by atoms with Crippen LogP contribution in [0.1, 0.15) is 22.9 Å². The number of hydrogen-bond donors (Lipinski definition) is 1. The van der Waals surface area contributed by atoms with E-state index in [-0.39, 0.29) is 10.5 Å². The first-order chi connectivity index (χ1) is 24.7. The molecule has 0 aliphatic carbocycles. The third-order valence-corrected chi connectivity index (χ3v) is 12.7. The van der Waals surface area contributed by atoms with E-state index >= 15 is 0 Å². The van der Waals surface area contributed by atoms with Gasteiger partial charge in [0.2, 0.25) is 0 Å². The normalized spacial score (nSPS) is 15.7. The lowest BCUT2D eigenvalue weighted by Crippen LogP contribution is -2.36. The van der Waals surface area contributed by atoms with Gasteiger partial charge >= 0.3 is 0 Å². The number of para-hydroxylation sites is 1. The maximum atomic E-state index is 5.17. The number of nitrogens with zero attached hydrogens (tertiary/aromatic N) is 3. The predicted molar refractivity (Wildman–Crippen MR) is 212 cm³/mol. The van der Waals surface area contributed by atoms with Crippen molar-refractivity contribution in [3.63, 3.8) is 0 Å². The number of fused-ring (bicyclic) bond motifs is 7. The molecule has 1 unspecified atom stereocenters. The Bertz CT molecular complexity index is 2670. The van der Waals surface area contributed by atoms with Crippen molar-refractivity contribution in [3.8, 4) is 5.69 Å². The van der Waals surface area contributed by atoms with Crippen molar-refractivity contribution in [2.24, 2.45) is 9.98 Å². The summed E-state index contributed by atoms with van der Waals surface area (Å²) in [5.74, 6) is 6.38. The van der Waals surface area contributed by atoms with Crippen molar-refractivity contribution in [1.82, 2.24) is 9.88 Å². The van der Waals surface area contributed by atoms with Crippen LogP contribution in [-0.2, 0) is 0 Å². The molecule has 2 aliphatic heterocycles. The average molecular weight is 679 g/mol. The molecule has 0 saturated heterocycles. The van der Waals surface area contributed by atoms with Crippen molar-refractivity contribution in [3.05, 3.63) is 174 Å². The molecule has 1 atom stereocenters. The molecule has 238 valence electrons. The molecule has 0 fully saturated rings. The van der Waals surface area contributed by atoms with Gasteiger partial charge in [-0.15, -0.1) is 10.5 Å². The number of nitrogens with one attached hydrogen (secondary N) is 1. The Kier molecular flexibility index (Phi) is 6.86. The van der Waals surface area contributed by atoms with Crippen molar-refractivity contribution >= 4 is 72.4 Å². The van der Waals surface area contributed by atoms with E-state index in [0.29, 0.717) is 0 Å². The molecule has 3 heterocycles. The van der Waals surface area contributed by atoms with Crippen LogP contribution in [0.5, 0.6) is 0 Å². The van der Waals surface area contributed by atoms with Gasteiger partial charge in [0.25, 0.3) is 0 Å². The Morgan fingerprint density at radius 3 is 2.00 bits per heavy atom. The monoisotopic (exact) mass is 678 g/mol. The van der Waals surface area contributed by atoms with Gasteiger partial charge < -0.3 is 9.88 Å². The largest absolute Gasteiger partial charge is 0.324 e. The second-order valence-electron chi connectivity index (χ2n) is 12.6. The van der Waals surface area contributed by atoms with E-state index in [1.807, 2.05) is 48.2 Å². The topological polar surface area (TPSA) is 41.7 Å². The predicted octanol–water partition coefficient (Wildman–Crippen LogP) is 11.0. The van der Waals surface area contributed by atoms with Gasteiger partial charge in [-0.3, -0.25) is 0 Å². The van der Waals surface area contributed by atoms with E-state index in [1.54, 1.807) is 0 Å². The fraction of sp³-hybridized carbons (Fsp3) is 0.0227. The van der Waals surface area contributed by atoms with Gasteiger partial charge in [-0.05, 0) is 47.2 Å². The molecule has 4 nitrogen and oxygen atoms in total. The number of amidine groups is 2. The maximum absolute atomic E-state index is 5.17. The second-order valence-corrected chi connectivity index (χ2v) is 15.3. The molecule has 1 N–H and O–H groups in total. The van der Waals surface area contributed by atoms with Gasteiger partial charge in [0.15, 0.2) is 6.17 Å². The van der Waals surface area contributed by atoms with Crippen LogP contribution in [0.3, 0.4) is 0 Å². The van der Waals surface area contributed by atoms with E-state index in [1.165, 1.54) is 52.2 Å². The van der Waals surface area contributed by atoms with Crippen LogP contribution in [0.2, 0.25) is 0 Å². The van der Waals surface area contributed by atoms with Gasteiger partial charge in [0.1, 0.15) is 11.7 Å². The average Bonchev–Trinajstić information content (AvgIpc) is 3.53. The fourth-order valence-electron chi connectivity index (χ4n) is 7.18. The Balaban J connectivity index is 1.16. The molecule has 0 amide bonds. The molecule has 7 aromatic carbocycles. The van der Waals surface area contributed by atoms with Crippen LogP contribution in [0.4, 0.5) is 0 Å². The van der Waals surface area contributed by atoms with Gasteiger partial charge in [0, 0.05) is 47.8 Å². The molecule has 6 heteroatoms. The standard InChI is InChI=1S/C44H30N4S2/c1-50-38-24-23-35-34-21-10-11-22-36(34)48(40(35)41(38)49-37-26-30-17-8-9-18-31(30)27-39(37)50)33-20-12-19-32(25-33)44-46-42(28-13-4-2-5-14-28)45-43(47-44)29-15-6-3-7-16-29/h2-27,44H,1H2,(H,45,46,47). The minimum Gasteiger partial charge on any atom is -0.324 e. The molecule has 1 aromatic heterocycles. The molecule has 10 rings (SSSR count). The van der Waals surface area contributed by atoms with Crippen LogP contribution >= 0.6 is 22.2 Å². The number of benzene rings is 7. The van der Waals surface area contributed by atoms with Crippen molar-refractivity contribution < 1.29 is 0 Å². The van der Waals surface area contributed by atoms with E-state index in [2.05, 4.69) is 131 Å². The maximum Gasteiger partial charge on any atom is 0.169 e. The summed E-state index contributed by atoms with van der Waals surface area (Å²) in [5, 5.41) is 8.52. The highest BCUT2D eigenvalue weighted by molar-refractivity contribution is 8.16. The zero-order chi connectivity index (χ0) is 33.2. The lowest BCUT2D eigenvalue weighted by molar-refractivity contribution is 0.755. The molecule has 50 heavy (non-hydrogen) atoms. The lowest BCUT2D eigenvalue weighted by atomic mass is 10.1. The van der Waals surface area contributed by atoms with E-state index in [9.17, 15) is 0 Å². The highest BCUT2D eigenvalue weighted by Gasteiger charge is 2.26. The Morgan fingerprint density at radius 1 is 0.600 bits per heavy atom. The quantitative estimate of drug-likeness (QED) is 0.188. The fourth-order valence-corrected chi connectivity index (χ4v) is 10.4. The first-order valence-electron chi connectivity index (χ1n) is 16.6. The number of rotatable bonds is 4. The van der Waals surface area contributed by atoms with Crippen LogP contribution in [0.15, 0.2) is 187 Å². The van der Waals surface area contributed by atoms with Crippen molar-refractivity contribution in [2.75, 3.05) is 0 Å². The molecule has 0 radical (unpaired) electrons. The highest BCUT2D eigenvalue weighted by atomic mass is 32.2. The Labute approximate surface area is 296 Å². The van der Waals surface area contributed by atoms with E-state index in [0.717, 1.165) is 34.0 Å². The summed E-state index contributed by atoms with van der Waals surface area (Å²) in [4.78, 5) is 15.5. The molecule has 0 bridgehead atoms. The van der Waals surface area contributed by atoms with E-state index < -0.39 is 6.17 Å². The Morgan fingerprint density at radius 2 is 1.26 bits per heavy atom. The Hall–Kier alpha value is -5.69. The number of aromatic nitrogens is 1. The summed E-state index contributed by atoms with van der Waals surface area (Å²) in [5.41, 5.74) is 6.57. The molecular weight excluding hydrogens is 649 g/mol. The third-order valence-electron chi connectivity index (χ3n) is 9.57. The van der Waals surface area contributed by atoms with Gasteiger partial charge in [-0.25, -0.2) is 9.98 Å². The van der Waals surface area contributed by atoms with Crippen LogP contribution in [0.25, 0.3) is 38.3 Å².